The SMILES string of the molecule is CC(C)(C)OC(=O)N1CCCN(c2cccc3c2CNC3)CC1. The van der Waals surface area contributed by atoms with Gasteiger partial charge >= 0.3 is 6.09 Å². The normalized spacial score (nSPS) is 18.6. The Hall–Kier alpha value is -1.75. The van der Waals surface area contributed by atoms with E-state index in [1.54, 1.807) is 0 Å². The number of hydrogen-bond donors (Lipinski definition) is 1. The number of hydrogen-bond acceptors (Lipinski definition) is 4. The minimum Gasteiger partial charge on any atom is -0.444 e. The van der Waals surface area contributed by atoms with E-state index >= 15 is 0 Å². The maximum Gasteiger partial charge on any atom is 0.410 e. The van der Waals surface area contributed by atoms with Gasteiger partial charge in [-0.3, -0.25) is 0 Å². The van der Waals surface area contributed by atoms with E-state index in [2.05, 4.69) is 28.4 Å². The van der Waals surface area contributed by atoms with Gasteiger partial charge in [-0.05, 0) is 44.4 Å². The Labute approximate surface area is 138 Å². The average molecular weight is 317 g/mol. The van der Waals surface area contributed by atoms with Crippen LogP contribution in [0.1, 0.15) is 38.3 Å². The van der Waals surface area contributed by atoms with Crippen molar-refractivity contribution in [1.82, 2.24) is 10.2 Å². The second-order valence-electron chi connectivity index (χ2n) is 7.33. The molecule has 0 saturated carbocycles. The molecule has 5 heteroatoms. The maximum atomic E-state index is 12.3. The van der Waals surface area contributed by atoms with E-state index in [1.165, 1.54) is 16.8 Å². The number of anilines is 1. The minimum atomic E-state index is -0.436. The molecule has 1 fully saturated rings. The van der Waals surface area contributed by atoms with Gasteiger partial charge in [-0.1, -0.05) is 12.1 Å². The van der Waals surface area contributed by atoms with Crippen molar-refractivity contribution < 1.29 is 9.53 Å². The number of carbonyl (C=O) groups excluding carboxylic acids is 1. The lowest BCUT2D eigenvalue weighted by atomic mass is 10.1. The third kappa shape index (κ3) is 3.78. The van der Waals surface area contributed by atoms with Gasteiger partial charge in [0.05, 0.1) is 0 Å². The molecular weight excluding hydrogens is 290 g/mol. The first-order chi connectivity index (χ1) is 10.9. The van der Waals surface area contributed by atoms with Gasteiger partial charge in [-0.25, -0.2) is 4.79 Å². The van der Waals surface area contributed by atoms with E-state index in [9.17, 15) is 4.79 Å². The van der Waals surface area contributed by atoms with Crippen LogP contribution in [-0.2, 0) is 17.8 Å². The zero-order chi connectivity index (χ0) is 16.4. The molecule has 3 rings (SSSR count). The summed E-state index contributed by atoms with van der Waals surface area (Å²) in [5, 5.41) is 3.42. The molecule has 0 aromatic heterocycles. The molecule has 2 aliphatic heterocycles. The smallest absolute Gasteiger partial charge is 0.410 e. The number of carbonyl (C=O) groups is 1. The van der Waals surface area contributed by atoms with Crippen molar-refractivity contribution in [2.24, 2.45) is 0 Å². The molecule has 2 aliphatic rings. The second-order valence-corrected chi connectivity index (χ2v) is 7.33. The van der Waals surface area contributed by atoms with Gasteiger partial charge in [-0.15, -0.1) is 0 Å². The fourth-order valence-electron chi connectivity index (χ4n) is 3.28. The average Bonchev–Trinajstić information content (AvgIpc) is 2.81. The first-order valence-electron chi connectivity index (χ1n) is 8.48. The molecule has 2 heterocycles. The summed E-state index contributed by atoms with van der Waals surface area (Å²) < 4.78 is 5.51. The van der Waals surface area contributed by atoms with Crippen molar-refractivity contribution >= 4 is 11.8 Å². The Balaban J connectivity index is 1.68. The third-order valence-electron chi connectivity index (χ3n) is 4.35. The van der Waals surface area contributed by atoms with Crippen molar-refractivity contribution in [3.05, 3.63) is 29.3 Å². The minimum absolute atomic E-state index is 0.195. The summed E-state index contributed by atoms with van der Waals surface area (Å²) in [6.07, 6.45) is 0.774. The number of fused-ring (bicyclic) bond motifs is 1. The number of benzene rings is 1. The predicted octanol–water partition coefficient (Wildman–Crippen LogP) is 2.74. The first-order valence-corrected chi connectivity index (χ1v) is 8.48. The van der Waals surface area contributed by atoms with Crippen molar-refractivity contribution in [2.75, 3.05) is 31.1 Å². The van der Waals surface area contributed by atoms with E-state index in [1.807, 2.05) is 25.7 Å². The molecule has 0 aliphatic carbocycles. The summed E-state index contributed by atoms with van der Waals surface area (Å²) in [5.41, 5.74) is 3.70. The number of nitrogens with one attached hydrogen (secondary N) is 1. The van der Waals surface area contributed by atoms with Gasteiger partial charge < -0.3 is 19.9 Å². The van der Waals surface area contributed by atoms with E-state index in [0.29, 0.717) is 6.54 Å². The molecule has 0 spiro atoms. The molecule has 5 nitrogen and oxygen atoms in total. The molecule has 0 atom stereocenters. The molecule has 1 aromatic carbocycles. The van der Waals surface area contributed by atoms with Gasteiger partial charge in [0.2, 0.25) is 0 Å². The summed E-state index contributed by atoms with van der Waals surface area (Å²) in [4.78, 5) is 16.5. The fourth-order valence-corrected chi connectivity index (χ4v) is 3.28. The summed E-state index contributed by atoms with van der Waals surface area (Å²) in [6, 6.07) is 6.54. The molecule has 1 amide bonds. The molecule has 1 N–H and O–H groups in total. The van der Waals surface area contributed by atoms with E-state index in [4.69, 9.17) is 4.74 Å². The van der Waals surface area contributed by atoms with Crippen LogP contribution >= 0.6 is 0 Å². The van der Waals surface area contributed by atoms with Crippen molar-refractivity contribution in [3.63, 3.8) is 0 Å². The Bertz CT molecular complexity index is 580. The highest BCUT2D eigenvalue weighted by molar-refractivity contribution is 5.68. The predicted molar refractivity (Wildman–Crippen MR) is 91.6 cm³/mol. The van der Waals surface area contributed by atoms with Crippen molar-refractivity contribution in [3.8, 4) is 0 Å². The summed E-state index contributed by atoms with van der Waals surface area (Å²) in [7, 11) is 0. The molecule has 0 radical (unpaired) electrons. The van der Waals surface area contributed by atoms with Crippen LogP contribution in [0.3, 0.4) is 0 Å². The van der Waals surface area contributed by atoms with Crippen LogP contribution in [0, 0.1) is 0 Å². The maximum absolute atomic E-state index is 12.3. The van der Waals surface area contributed by atoms with Crippen LogP contribution in [0.4, 0.5) is 10.5 Å². The van der Waals surface area contributed by atoms with Crippen molar-refractivity contribution in [1.29, 1.82) is 0 Å². The van der Waals surface area contributed by atoms with Gasteiger partial charge in [-0.2, -0.15) is 0 Å². The second kappa shape index (κ2) is 6.40. The van der Waals surface area contributed by atoms with Gasteiger partial charge in [0.25, 0.3) is 0 Å². The van der Waals surface area contributed by atoms with Crippen LogP contribution < -0.4 is 10.2 Å². The van der Waals surface area contributed by atoms with E-state index in [-0.39, 0.29) is 6.09 Å². The molecule has 1 aromatic rings. The number of rotatable bonds is 1. The molecule has 23 heavy (non-hydrogen) atoms. The Morgan fingerprint density at radius 1 is 1.13 bits per heavy atom. The lowest BCUT2D eigenvalue weighted by Gasteiger charge is -2.27. The Morgan fingerprint density at radius 2 is 1.96 bits per heavy atom. The lowest BCUT2D eigenvalue weighted by Crippen LogP contribution is -2.39. The molecule has 1 saturated heterocycles. The van der Waals surface area contributed by atoms with E-state index < -0.39 is 5.60 Å². The van der Waals surface area contributed by atoms with Crippen LogP contribution in [0.2, 0.25) is 0 Å². The molecule has 0 bridgehead atoms. The molecule has 126 valence electrons. The highest BCUT2D eigenvalue weighted by Crippen LogP contribution is 2.28. The summed E-state index contributed by atoms with van der Waals surface area (Å²) >= 11 is 0. The molecule has 0 unspecified atom stereocenters. The zero-order valence-electron chi connectivity index (χ0n) is 14.4. The van der Waals surface area contributed by atoms with Crippen LogP contribution in [0.15, 0.2) is 18.2 Å². The quantitative estimate of drug-likeness (QED) is 0.865. The Morgan fingerprint density at radius 3 is 2.74 bits per heavy atom. The number of nitrogens with zero attached hydrogens (tertiary/aromatic N) is 2. The van der Waals surface area contributed by atoms with Crippen LogP contribution in [-0.4, -0.2) is 42.8 Å². The fraction of sp³-hybridized carbons (Fsp3) is 0.611. The highest BCUT2D eigenvalue weighted by atomic mass is 16.6. The highest BCUT2D eigenvalue weighted by Gasteiger charge is 2.26. The van der Waals surface area contributed by atoms with Gasteiger partial charge in [0.15, 0.2) is 0 Å². The monoisotopic (exact) mass is 317 g/mol. The van der Waals surface area contributed by atoms with E-state index in [0.717, 1.165) is 39.1 Å². The van der Waals surface area contributed by atoms with Crippen LogP contribution in [0.25, 0.3) is 0 Å². The van der Waals surface area contributed by atoms with Crippen molar-refractivity contribution in [2.45, 2.75) is 45.9 Å². The topological polar surface area (TPSA) is 44.8 Å². The number of ether oxygens (including phenoxy) is 1. The summed E-state index contributed by atoms with van der Waals surface area (Å²) in [5.74, 6) is 0. The summed E-state index contributed by atoms with van der Waals surface area (Å²) in [6.45, 7) is 11.0. The van der Waals surface area contributed by atoms with Gasteiger partial charge in [0, 0.05) is 45.0 Å². The standard InChI is InChI=1S/C18H27N3O2/c1-18(2,3)23-17(22)21-9-5-8-20(10-11-21)16-7-4-6-14-12-19-13-15(14)16/h4,6-7,19H,5,8-13H2,1-3H3. The Kier molecular flexibility index (Phi) is 4.48. The van der Waals surface area contributed by atoms with Gasteiger partial charge in [0.1, 0.15) is 5.60 Å². The molecular formula is C18H27N3O2. The third-order valence-corrected chi connectivity index (χ3v) is 4.35. The van der Waals surface area contributed by atoms with Crippen LogP contribution in [0.5, 0.6) is 0 Å². The number of amides is 1. The largest absolute Gasteiger partial charge is 0.444 e. The lowest BCUT2D eigenvalue weighted by molar-refractivity contribution is 0.0263. The zero-order valence-corrected chi connectivity index (χ0v) is 14.4. The first kappa shape index (κ1) is 16.1.